The molecular formula is C20H29NO3. The van der Waals surface area contributed by atoms with Gasteiger partial charge in [0.15, 0.2) is 0 Å². The molecule has 2 aliphatic carbocycles. The normalized spacial score (nSPS) is 26.2. The van der Waals surface area contributed by atoms with Crippen LogP contribution in [0.25, 0.3) is 0 Å². The molecule has 1 amide bonds. The van der Waals surface area contributed by atoms with Crippen LogP contribution in [-0.4, -0.2) is 25.7 Å². The van der Waals surface area contributed by atoms with Gasteiger partial charge in [-0.3, -0.25) is 4.79 Å². The Morgan fingerprint density at radius 1 is 1.21 bits per heavy atom. The van der Waals surface area contributed by atoms with Crippen molar-refractivity contribution in [1.29, 1.82) is 0 Å². The number of nitrogens with one attached hydrogen (secondary N) is 1. The summed E-state index contributed by atoms with van der Waals surface area (Å²) >= 11 is 0. The predicted molar refractivity (Wildman–Crippen MR) is 94.3 cm³/mol. The zero-order chi connectivity index (χ0) is 16.9. The summed E-state index contributed by atoms with van der Waals surface area (Å²) in [7, 11) is 1.65. The van der Waals surface area contributed by atoms with Gasteiger partial charge in [-0.15, -0.1) is 0 Å². The van der Waals surface area contributed by atoms with Crippen LogP contribution in [-0.2, 0) is 4.79 Å². The maximum absolute atomic E-state index is 12.1. The van der Waals surface area contributed by atoms with Gasteiger partial charge in [-0.2, -0.15) is 0 Å². The van der Waals surface area contributed by atoms with Crippen LogP contribution in [0.1, 0.15) is 45.4 Å². The van der Waals surface area contributed by atoms with Crippen molar-refractivity contribution in [1.82, 2.24) is 5.32 Å². The first-order valence-corrected chi connectivity index (χ1v) is 9.22. The lowest BCUT2D eigenvalue weighted by molar-refractivity contribution is -0.122. The molecule has 0 spiro atoms. The van der Waals surface area contributed by atoms with Crippen molar-refractivity contribution in [2.24, 2.45) is 17.8 Å². The molecule has 1 aromatic rings. The fraction of sp³-hybridized carbons (Fsp3) is 0.650. The van der Waals surface area contributed by atoms with E-state index in [0.29, 0.717) is 25.0 Å². The van der Waals surface area contributed by atoms with Crippen LogP contribution in [0.4, 0.5) is 0 Å². The van der Waals surface area contributed by atoms with Crippen LogP contribution >= 0.6 is 0 Å². The Bertz CT molecular complexity index is 542. The maximum atomic E-state index is 12.1. The van der Waals surface area contributed by atoms with E-state index in [1.54, 1.807) is 7.11 Å². The standard InChI is InChI=1S/C20H29NO3/c1-14(19-13-15-5-6-16(19)12-15)21-20(22)4-3-11-24-18-9-7-17(23-2)8-10-18/h7-10,14-16,19H,3-6,11-13H2,1-2H3,(H,21,22). The summed E-state index contributed by atoms with van der Waals surface area (Å²) in [5.74, 6) is 4.26. The number of methoxy groups -OCH3 is 1. The third kappa shape index (κ3) is 4.22. The van der Waals surface area contributed by atoms with Crippen molar-refractivity contribution < 1.29 is 14.3 Å². The molecule has 2 saturated carbocycles. The van der Waals surface area contributed by atoms with E-state index in [0.717, 1.165) is 29.8 Å². The van der Waals surface area contributed by atoms with E-state index in [-0.39, 0.29) is 5.91 Å². The second-order valence-corrected chi connectivity index (χ2v) is 7.32. The Kier molecular flexibility index (Phi) is 5.64. The van der Waals surface area contributed by atoms with Crippen molar-refractivity contribution in [2.75, 3.05) is 13.7 Å². The van der Waals surface area contributed by atoms with Crippen LogP contribution in [0, 0.1) is 17.8 Å². The number of ether oxygens (including phenoxy) is 2. The minimum absolute atomic E-state index is 0.156. The van der Waals surface area contributed by atoms with Crippen LogP contribution in [0.15, 0.2) is 24.3 Å². The van der Waals surface area contributed by atoms with Crippen LogP contribution in [0.2, 0.25) is 0 Å². The van der Waals surface area contributed by atoms with Gasteiger partial charge in [-0.25, -0.2) is 0 Å². The van der Waals surface area contributed by atoms with E-state index in [1.807, 2.05) is 24.3 Å². The Labute approximate surface area is 144 Å². The van der Waals surface area contributed by atoms with E-state index < -0.39 is 0 Å². The van der Waals surface area contributed by atoms with Gasteiger partial charge in [0.25, 0.3) is 0 Å². The first-order chi connectivity index (χ1) is 11.7. The van der Waals surface area contributed by atoms with Gasteiger partial charge in [0, 0.05) is 12.5 Å². The lowest BCUT2D eigenvalue weighted by atomic mass is 9.84. The minimum Gasteiger partial charge on any atom is -0.497 e. The Hall–Kier alpha value is -1.71. The summed E-state index contributed by atoms with van der Waals surface area (Å²) in [4.78, 5) is 12.1. The van der Waals surface area contributed by atoms with Crippen LogP contribution in [0.5, 0.6) is 11.5 Å². The molecule has 1 N–H and O–H groups in total. The fourth-order valence-electron chi connectivity index (χ4n) is 4.43. The molecule has 3 rings (SSSR count). The second kappa shape index (κ2) is 7.91. The van der Waals surface area contributed by atoms with E-state index in [4.69, 9.17) is 9.47 Å². The van der Waals surface area contributed by atoms with E-state index in [1.165, 1.54) is 25.7 Å². The average molecular weight is 331 g/mol. The molecule has 2 bridgehead atoms. The zero-order valence-corrected chi connectivity index (χ0v) is 14.8. The van der Waals surface area contributed by atoms with Crippen molar-refractivity contribution in [3.05, 3.63) is 24.3 Å². The predicted octanol–water partition coefficient (Wildman–Crippen LogP) is 3.80. The average Bonchev–Trinajstić information content (AvgIpc) is 3.22. The minimum atomic E-state index is 0.156. The fourth-order valence-corrected chi connectivity index (χ4v) is 4.43. The SMILES string of the molecule is COc1ccc(OCCCC(=O)NC(C)C2CC3CCC2C3)cc1. The van der Waals surface area contributed by atoms with Gasteiger partial charge in [0.2, 0.25) is 5.91 Å². The van der Waals surface area contributed by atoms with Crippen LogP contribution < -0.4 is 14.8 Å². The number of benzene rings is 1. The third-order valence-electron chi connectivity index (χ3n) is 5.70. The molecule has 0 saturated heterocycles. The van der Waals surface area contributed by atoms with Gasteiger partial charge in [0.1, 0.15) is 11.5 Å². The molecular weight excluding hydrogens is 302 g/mol. The van der Waals surface area contributed by atoms with Gasteiger partial charge in [-0.1, -0.05) is 6.42 Å². The van der Waals surface area contributed by atoms with Crippen molar-refractivity contribution >= 4 is 5.91 Å². The van der Waals surface area contributed by atoms with Crippen molar-refractivity contribution in [3.63, 3.8) is 0 Å². The molecule has 0 radical (unpaired) electrons. The van der Waals surface area contributed by atoms with Crippen molar-refractivity contribution in [2.45, 2.75) is 51.5 Å². The highest BCUT2D eigenvalue weighted by Crippen LogP contribution is 2.49. The highest BCUT2D eigenvalue weighted by Gasteiger charge is 2.41. The third-order valence-corrected chi connectivity index (χ3v) is 5.70. The lowest BCUT2D eigenvalue weighted by Crippen LogP contribution is -2.40. The number of carbonyl (C=O) groups is 1. The first-order valence-electron chi connectivity index (χ1n) is 9.22. The summed E-state index contributed by atoms with van der Waals surface area (Å²) < 4.78 is 10.8. The molecule has 4 atom stereocenters. The Morgan fingerprint density at radius 3 is 2.58 bits per heavy atom. The Balaban J connectivity index is 1.32. The number of fused-ring (bicyclic) bond motifs is 2. The summed E-state index contributed by atoms with van der Waals surface area (Å²) in [5, 5.41) is 3.21. The molecule has 0 aromatic heterocycles. The summed E-state index contributed by atoms with van der Waals surface area (Å²) in [5.41, 5.74) is 0. The smallest absolute Gasteiger partial charge is 0.220 e. The monoisotopic (exact) mass is 331 g/mol. The number of hydrogen-bond acceptors (Lipinski definition) is 3. The quantitative estimate of drug-likeness (QED) is 0.737. The largest absolute Gasteiger partial charge is 0.497 e. The second-order valence-electron chi connectivity index (χ2n) is 7.32. The number of rotatable bonds is 8. The number of hydrogen-bond donors (Lipinski definition) is 1. The molecule has 1 aromatic carbocycles. The maximum Gasteiger partial charge on any atom is 0.220 e. The molecule has 0 aliphatic heterocycles. The van der Waals surface area contributed by atoms with E-state index in [2.05, 4.69) is 12.2 Å². The molecule has 132 valence electrons. The molecule has 2 fully saturated rings. The molecule has 2 aliphatic rings. The molecule has 0 heterocycles. The Morgan fingerprint density at radius 2 is 1.96 bits per heavy atom. The van der Waals surface area contributed by atoms with Gasteiger partial charge < -0.3 is 14.8 Å². The highest BCUT2D eigenvalue weighted by molar-refractivity contribution is 5.76. The van der Waals surface area contributed by atoms with Gasteiger partial charge in [0.05, 0.1) is 13.7 Å². The van der Waals surface area contributed by atoms with E-state index in [9.17, 15) is 4.79 Å². The van der Waals surface area contributed by atoms with Gasteiger partial charge >= 0.3 is 0 Å². The molecule has 4 unspecified atom stereocenters. The van der Waals surface area contributed by atoms with E-state index >= 15 is 0 Å². The number of carbonyl (C=O) groups excluding carboxylic acids is 1. The summed E-state index contributed by atoms with van der Waals surface area (Å²) in [6.07, 6.45) is 6.74. The highest BCUT2D eigenvalue weighted by atomic mass is 16.5. The topological polar surface area (TPSA) is 47.6 Å². The molecule has 4 nitrogen and oxygen atoms in total. The first kappa shape index (κ1) is 17.1. The zero-order valence-electron chi connectivity index (χ0n) is 14.8. The molecule has 4 heteroatoms. The summed E-state index contributed by atoms with van der Waals surface area (Å²) in [6, 6.07) is 7.83. The van der Waals surface area contributed by atoms with Gasteiger partial charge in [-0.05, 0) is 74.6 Å². The van der Waals surface area contributed by atoms with Crippen molar-refractivity contribution in [3.8, 4) is 11.5 Å². The lowest BCUT2D eigenvalue weighted by Gasteiger charge is -2.28. The number of amides is 1. The molecule has 24 heavy (non-hydrogen) atoms. The summed E-state index contributed by atoms with van der Waals surface area (Å²) in [6.45, 7) is 2.74. The van der Waals surface area contributed by atoms with Crippen LogP contribution in [0.3, 0.4) is 0 Å².